The van der Waals surface area contributed by atoms with Crippen LogP contribution in [-0.4, -0.2) is 42.4 Å². The van der Waals surface area contributed by atoms with Gasteiger partial charge in [0.1, 0.15) is 6.04 Å². The van der Waals surface area contributed by atoms with Crippen LogP contribution in [0.3, 0.4) is 0 Å². The van der Waals surface area contributed by atoms with E-state index in [4.69, 9.17) is 0 Å². The quantitative estimate of drug-likeness (QED) is 0.754. The Bertz CT molecular complexity index is 805. The molecule has 0 radical (unpaired) electrons. The van der Waals surface area contributed by atoms with Crippen molar-refractivity contribution in [3.05, 3.63) is 46.7 Å². The predicted octanol–water partition coefficient (Wildman–Crippen LogP) is 3.13. The fourth-order valence-electron chi connectivity index (χ4n) is 3.05. The molecule has 1 aliphatic rings. The van der Waals surface area contributed by atoms with Crippen molar-refractivity contribution in [1.29, 1.82) is 0 Å². The van der Waals surface area contributed by atoms with Crippen LogP contribution < -0.4 is 16.0 Å². The van der Waals surface area contributed by atoms with Crippen LogP contribution in [0.4, 0.5) is 16.2 Å². The van der Waals surface area contributed by atoms with E-state index in [2.05, 4.69) is 16.0 Å². The number of amides is 4. The first-order chi connectivity index (χ1) is 13.1. The van der Waals surface area contributed by atoms with Crippen molar-refractivity contribution in [3.63, 3.8) is 0 Å². The molecule has 1 atom stereocenters. The van der Waals surface area contributed by atoms with Crippen LogP contribution in [0, 0.1) is 0 Å². The largest absolute Gasteiger partial charge is 0.341 e. The van der Waals surface area contributed by atoms with Crippen LogP contribution in [0.25, 0.3) is 0 Å². The molecule has 1 aromatic heterocycles. The third kappa shape index (κ3) is 4.65. The summed E-state index contributed by atoms with van der Waals surface area (Å²) in [7, 11) is 1.54. The summed E-state index contributed by atoms with van der Waals surface area (Å²) in [6, 6.07) is 9.70. The van der Waals surface area contributed by atoms with Gasteiger partial charge < -0.3 is 20.9 Å². The molecule has 27 heavy (non-hydrogen) atoms. The number of nitrogens with one attached hydrogen (secondary N) is 3. The van der Waals surface area contributed by atoms with Gasteiger partial charge in [0.15, 0.2) is 0 Å². The van der Waals surface area contributed by atoms with Crippen LogP contribution in [-0.2, 0) is 4.79 Å². The minimum atomic E-state index is -0.475. The lowest BCUT2D eigenvalue weighted by Gasteiger charge is -2.34. The number of thiophene rings is 1. The van der Waals surface area contributed by atoms with E-state index in [9.17, 15) is 14.4 Å². The fourth-order valence-corrected chi connectivity index (χ4v) is 3.72. The summed E-state index contributed by atoms with van der Waals surface area (Å²) in [5.41, 5.74) is 1.25. The van der Waals surface area contributed by atoms with Gasteiger partial charge in [-0.3, -0.25) is 9.59 Å². The van der Waals surface area contributed by atoms with E-state index >= 15 is 0 Å². The molecule has 0 aliphatic carbocycles. The van der Waals surface area contributed by atoms with Gasteiger partial charge in [0, 0.05) is 25.0 Å². The minimum absolute atomic E-state index is 0.0880. The molecular weight excluding hydrogens is 364 g/mol. The third-order valence-corrected chi connectivity index (χ3v) is 5.29. The normalized spacial score (nSPS) is 16.5. The van der Waals surface area contributed by atoms with Gasteiger partial charge >= 0.3 is 6.03 Å². The highest BCUT2D eigenvalue weighted by Crippen LogP contribution is 2.23. The van der Waals surface area contributed by atoms with Crippen molar-refractivity contribution in [1.82, 2.24) is 10.2 Å². The number of likely N-dealkylation sites (tertiary alicyclic amines) is 1. The van der Waals surface area contributed by atoms with Gasteiger partial charge in [-0.2, -0.15) is 0 Å². The molecule has 2 heterocycles. The van der Waals surface area contributed by atoms with Crippen molar-refractivity contribution in [2.45, 2.75) is 25.3 Å². The van der Waals surface area contributed by atoms with E-state index < -0.39 is 6.04 Å². The number of carbonyl (C=O) groups excluding carboxylic acids is 3. The number of hydrogen-bond acceptors (Lipinski definition) is 4. The summed E-state index contributed by atoms with van der Waals surface area (Å²) in [6.07, 6.45) is 2.47. The number of rotatable bonds is 4. The first-order valence-electron chi connectivity index (χ1n) is 8.82. The summed E-state index contributed by atoms with van der Waals surface area (Å²) < 4.78 is 0. The lowest BCUT2D eigenvalue weighted by atomic mass is 10.0. The fraction of sp³-hybridized carbons (Fsp3) is 0.316. The third-order valence-electron chi connectivity index (χ3n) is 4.44. The topological polar surface area (TPSA) is 90.5 Å². The predicted molar refractivity (Wildman–Crippen MR) is 106 cm³/mol. The number of benzene rings is 1. The van der Waals surface area contributed by atoms with Gasteiger partial charge in [-0.05, 0) is 55.0 Å². The Morgan fingerprint density at radius 2 is 1.74 bits per heavy atom. The standard InChI is InChI=1S/C19H22N4O3S/c1-20-19(26)22-14-9-7-13(8-10-14)21-17(24)15-5-2-3-11-23(15)18(25)16-6-4-12-27-16/h4,6-10,12,15H,2-3,5,11H2,1H3,(H,21,24)(H2,20,22,26). The Hall–Kier alpha value is -2.87. The van der Waals surface area contributed by atoms with Gasteiger partial charge in [-0.15, -0.1) is 11.3 Å². The first-order valence-corrected chi connectivity index (χ1v) is 9.70. The lowest BCUT2D eigenvalue weighted by molar-refractivity contribution is -0.121. The van der Waals surface area contributed by atoms with E-state index in [1.807, 2.05) is 11.4 Å². The summed E-state index contributed by atoms with van der Waals surface area (Å²) in [5, 5.41) is 9.87. The zero-order valence-electron chi connectivity index (χ0n) is 15.0. The molecule has 2 aromatic rings. The molecule has 3 N–H and O–H groups in total. The number of hydrogen-bond donors (Lipinski definition) is 3. The maximum atomic E-state index is 12.8. The summed E-state index contributed by atoms with van der Waals surface area (Å²) >= 11 is 1.39. The molecule has 1 unspecified atom stereocenters. The SMILES string of the molecule is CNC(=O)Nc1ccc(NC(=O)C2CCCCN2C(=O)c2cccs2)cc1. The summed E-state index contributed by atoms with van der Waals surface area (Å²) in [5.74, 6) is -0.276. The Kier molecular flexibility index (Phi) is 6.08. The number of nitrogens with zero attached hydrogens (tertiary/aromatic N) is 1. The Morgan fingerprint density at radius 1 is 1.04 bits per heavy atom. The highest BCUT2D eigenvalue weighted by atomic mass is 32.1. The maximum absolute atomic E-state index is 12.8. The number of carbonyl (C=O) groups is 3. The lowest BCUT2D eigenvalue weighted by Crippen LogP contribution is -2.49. The molecule has 3 rings (SSSR count). The molecule has 1 aliphatic heterocycles. The second kappa shape index (κ2) is 8.68. The van der Waals surface area contributed by atoms with Crippen molar-refractivity contribution < 1.29 is 14.4 Å². The highest BCUT2D eigenvalue weighted by molar-refractivity contribution is 7.12. The van der Waals surface area contributed by atoms with Crippen LogP contribution >= 0.6 is 11.3 Å². The van der Waals surface area contributed by atoms with Crippen LogP contribution in [0.1, 0.15) is 28.9 Å². The molecular formula is C19H22N4O3S. The molecule has 0 spiro atoms. The molecule has 0 bridgehead atoms. The van der Waals surface area contributed by atoms with E-state index in [0.29, 0.717) is 29.2 Å². The number of piperidine rings is 1. The number of urea groups is 1. The molecule has 4 amide bonds. The smallest absolute Gasteiger partial charge is 0.318 e. The average molecular weight is 386 g/mol. The molecule has 1 saturated heterocycles. The minimum Gasteiger partial charge on any atom is -0.341 e. The maximum Gasteiger partial charge on any atom is 0.318 e. The molecule has 1 fully saturated rings. The highest BCUT2D eigenvalue weighted by Gasteiger charge is 2.33. The van der Waals surface area contributed by atoms with Crippen molar-refractivity contribution in [3.8, 4) is 0 Å². The van der Waals surface area contributed by atoms with E-state index in [-0.39, 0.29) is 17.8 Å². The van der Waals surface area contributed by atoms with Crippen molar-refractivity contribution in [2.24, 2.45) is 0 Å². The van der Waals surface area contributed by atoms with Crippen molar-refractivity contribution in [2.75, 3.05) is 24.2 Å². The van der Waals surface area contributed by atoms with Gasteiger partial charge in [0.05, 0.1) is 4.88 Å². The molecule has 8 heteroatoms. The number of anilines is 2. The Balaban J connectivity index is 1.66. The van der Waals surface area contributed by atoms with E-state index in [1.165, 1.54) is 18.4 Å². The van der Waals surface area contributed by atoms with Gasteiger partial charge in [0.2, 0.25) is 5.91 Å². The molecule has 1 aromatic carbocycles. The second-order valence-corrected chi connectivity index (χ2v) is 7.21. The van der Waals surface area contributed by atoms with Gasteiger partial charge in [0.25, 0.3) is 5.91 Å². The Labute approximate surface area is 161 Å². The molecule has 7 nitrogen and oxygen atoms in total. The first kappa shape index (κ1) is 18.9. The molecule has 0 saturated carbocycles. The van der Waals surface area contributed by atoms with Gasteiger partial charge in [-0.1, -0.05) is 6.07 Å². The monoisotopic (exact) mass is 386 g/mol. The van der Waals surface area contributed by atoms with Crippen LogP contribution in [0.2, 0.25) is 0 Å². The second-order valence-electron chi connectivity index (χ2n) is 6.26. The van der Waals surface area contributed by atoms with Gasteiger partial charge in [-0.25, -0.2) is 4.79 Å². The molecule has 142 valence electrons. The van der Waals surface area contributed by atoms with Crippen LogP contribution in [0.15, 0.2) is 41.8 Å². The average Bonchev–Trinajstić information content (AvgIpc) is 3.23. The van der Waals surface area contributed by atoms with Crippen molar-refractivity contribution >= 4 is 40.6 Å². The Morgan fingerprint density at radius 3 is 2.37 bits per heavy atom. The van der Waals surface area contributed by atoms with E-state index in [0.717, 1.165) is 12.8 Å². The van der Waals surface area contributed by atoms with Crippen LogP contribution in [0.5, 0.6) is 0 Å². The summed E-state index contributed by atoms with van der Waals surface area (Å²) in [4.78, 5) is 39.1. The summed E-state index contributed by atoms with van der Waals surface area (Å²) in [6.45, 7) is 0.587. The van der Waals surface area contributed by atoms with E-state index in [1.54, 1.807) is 35.2 Å². The zero-order valence-corrected chi connectivity index (χ0v) is 15.8. The zero-order chi connectivity index (χ0) is 19.2.